The Bertz CT molecular complexity index is 812. The third-order valence-corrected chi connectivity index (χ3v) is 4.22. The van der Waals surface area contributed by atoms with Crippen LogP contribution in [0.25, 0.3) is 5.69 Å². The molecule has 0 saturated carbocycles. The molecular weight excluding hydrogens is 326 g/mol. The summed E-state index contributed by atoms with van der Waals surface area (Å²) in [7, 11) is 0. The van der Waals surface area contributed by atoms with Crippen molar-refractivity contribution in [1.82, 2.24) is 24.8 Å². The lowest BCUT2D eigenvalue weighted by atomic mass is 9.99. The molecule has 0 atom stereocenters. The fourth-order valence-corrected chi connectivity index (χ4v) is 2.88. The first-order valence-electron chi connectivity index (χ1n) is 7.86. The number of benzene rings is 1. The number of rotatable bonds is 4. The van der Waals surface area contributed by atoms with Gasteiger partial charge in [-0.05, 0) is 12.1 Å². The second-order valence-corrected chi connectivity index (χ2v) is 5.99. The Morgan fingerprint density at radius 3 is 2.64 bits per heavy atom. The summed E-state index contributed by atoms with van der Waals surface area (Å²) in [6.45, 7) is 1.01. The summed E-state index contributed by atoms with van der Waals surface area (Å²) in [5.74, 6) is -0.489. The van der Waals surface area contributed by atoms with Gasteiger partial charge in [-0.1, -0.05) is 18.2 Å². The Morgan fingerprint density at radius 2 is 1.96 bits per heavy atom. The largest absolute Gasteiger partial charge is 0.439 e. The van der Waals surface area contributed by atoms with Gasteiger partial charge in [-0.25, -0.2) is 9.69 Å². The normalized spacial score (nSPS) is 17.6. The van der Waals surface area contributed by atoms with E-state index < -0.39 is 6.09 Å². The van der Waals surface area contributed by atoms with Crippen molar-refractivity contribution in [2.45, 2.75) is 0 Å². The summed E-state index contributed by atoms with van der Waals surface area (Å²) >= 11 is 0. The molecule has 0 aliphatic carbocycles. The zero-order chi connectivity index (χ0) is 17.4. The molecule has 0 unspecified atom stereocenters. The first-order chi connectivity index (χ1) is 12.1. The number of aromatic nitrogens is 3. The standard InChI is InChI=1S/C16H15N5O4/c22-14-10-25-16(24)20(14)9-11-7-19(8-11)15(23)13-6-17-21(18-13)12-4-2-1-3-5-12/h1-6,11H,7-10H2. The average Bonchev–Trinajstić information content (AvgIpc) is 3.19. The highest BCUT2D eigenvalue weighted by Crippen LogP contribution is 2.21. The summed E-state index contributed by atoms with van der Waals surface area (Å²) in [4.78, 5) is 39.5. The van der Waals surface area contributed by atoms with Gasteiger partial charge < -0.3 is 9.64 Å². The summed E-state index contributed by atoms with van der Waals surface area (Å²) in [5.41, 5.74) is 1.04. The van der Waals surface area contributed by atoms with Crippen LogP contribution in [0.3, 0.4) is 0 Å². The monoisotopic (exact) mass is 341 g/mol. The van der Waals surface area contributed by atoms with Gasteiger partial charge in [0.2, 0.25) is 0 Å². The molecule has 128 valence electrons. The van der Waals surface area contributed by atoms with Crippen molar-refractivity contribution < 1.29 is 19.1 Å². The summed E-state index contributed by atoms with van der Waals surface area (Å²) < 4.78 is 4.67. The van der Waals surface area contributed by atoms with E-state index in [0.717, 1.165) is 10.6 Å². The van der Waals surface area contributed by atoms with Crippen LogP contribution in [0, 0.1) is 5.92 Å². The summed E-state index contributed by atoms with van der Waals surface area (Å²) in [6, 6.07) is 9.32. The topological polar surface area (TPSA) is 97.6 Å². The maximum Gasteiger partial charge on any atom is 0.417 e. The second-order valence-electron chi connectivity index (χ2n) is 5.99. The smallest absolute Gasteiger partial charge is 0.417 e. The number of hydrogen-bond acceptors (Lipinski definition) is 6. The molecule has 3 heterocycles. The highest BCUT2D eigenvalue weighted by Gasteiger charge is 2.38. The Morgan fingerprint density at radius 1 is 1.20 bits per heavy atom. The van der Waals surface area contributed by atoms with E-state index in [2.05, 4.69) is 14.9 Å². The minimum Gasteiger partial charge on any atom is -0.439 e. The van der Waals surface area contributed by atoms with Crippen LogP contribution in [0.4, 0.5) is 4.79 Å². The van der Waals surface area contributed by atoms with Gasteiger partial charge in [0.25, 0.3) is 11.8 Å². The summed E-state index contributed by atoms with van der Waals surface area (Å²) in [5, 5.41) is 8.33. The van der Waals surface area contributed by atoms with Crippen molar-refractivity contribution >= 4 is 17.9 Å². The van der Waals surface area contributed by atoms with Crippen molar-refractivity contribution in [2.24, 2.45) is 5.92 Å². The number of hydrogen-bond donors (Lipinski definition) is 0. The van der Waals surface area contributed by atoms with Crippen molar-refractivity contribution in [2.75, 3.05) is 26.2 Å². The van der Waals surface area contributed by atoms with Gasteiger partial charge in [0.1, 0.15) is 0 Å². The molecule has 9 heteroatoms. The Labute approximate surface area is 142 Å². The number of imide groups is 1. The number of ether oxygens (including phenoxy) is 1. The van der Waals surface area contributed by atoms with E-state index in [9.17, 15) is 14.4 Å². The van der Waals surface area contributed by atoms with E-state index in [1.807, 2.05) is 30.3 Å². The van der Waals surface area contributed by atoms with Gasteiger partial charge in [-0.2, -0.15) is 9.90 Å². The molecule has 0 radical (unpaired) electrons. The van der Waals surface area contributed by atoms with Crippen LogP contribution < -0.4 is 0 Å². The summed E-state index contributed by atoms with van der Waals surface area (Å²) in [6.07, 6.45) is 0.824. The predicted molar refractivity (Wildman–Crippen MR) is 83.8 cm³/mol. The van der Waals surface area contributed by atoms with Crippen LogP contribution in [0.1, 0.15) is 10.5 Å². The molecule has 2 aromatic rings. The third kappa shape index (κ3) is 2.84. The molecular formula is C16H15N5O4. The lowest BCUT2D eigenvalue weighted by Crippen LogP contribution is -2.54. The molecule has 3 amide bonds. The fourth-order valence-electron chi connectivity index (χ4n) is 2.88. The number of cyclic esters (lactones) is 1. The highest BCUT2D eigenvalue weighted by molar-refractivity contribution is 5.98. The molecule has 1 aromatic heterocycles. The first-order valence-corrected chi connectivity index (χ1v) is 7.86. The lowest BCUT2D eigenvalue weighted by molar-refractivity contribution is -0.126. The van der Waals surface area contributed by atoms with Crippen LogP contribution in [-0.4, -0.2) is 68.9 Å². The van der Waals surface area contributed by atoms with Gasteiger partial charge in [0.05, 0.1) is 11.9 Å². The van der Waals surface area contributed by atoms with E-state index in [1.165, 1.54) is 11.0 Å². The van der Waals surface area contributed by atoms with E-state index in [-0.39, 0.29) is 36.6 Å². The minimum absolute atomic E-state index is 0.0581. The van der Waals surface area contributed by atoms with Crippen LogP contribution >= 0.6 is 0 Å². The van der Waals surface area contributed by atoms with Crippen molar-refractivity contribution in [1.29, 1.82) is 0 Å². The van der Waals surface area contributed by atoms with Gasteiger partial charge in [-0.15, -0.1) is 5.10 Å². The van der Waals surface area contributed by atoms with Crippen molar-refractivity contribution in [3.63, 3.8) is 0 Å². The lowest BCUT2D eigenvalue weighted by Gasteiger charge is -2.39. The quantitative estimate of drug-likeness (QED) is 0.794. The number of carbonyl (C=O) groups excluding carboxylic acids is 3. The number of amides is 3. The zero-order valence-electron chi connectivity index (χ0n) is 13.2. The maximum absolute atomic E-state index is 12.4. The van der Waals surface area contributed by atoms with Gasteiger partial charge in [-0.3, -0.25) is 9.59 Å². The van der Waals surface area contributed by atoms with Crippen LogP contribution in [-0.2, 0) is 9.53 Å². The Hall–Kier alpha value is -3.23. The molecule has 25 heavy (non-hydrogen) atoms. The fraction of sp³-hybridized carbons (Fsp3) is 0.312. The third-order valence-electron chi connectivity index (χ3n) is 4.22. The second kappa shape index (κ2) is 6.00. The van der Waals surface area contributed by atoms with E-state index in [1.54, 1.807) is 4.90 Å². The van der Waals surface area contributed by atoms with Gasteiger partial charge >= 0.3 is 6.09 Å². The molecule has 4 rings (SSSR count). The van der Waals surface area contributed by atoms with Crippen molar-refractivity contribution in [3.8, 4) is 5.69 Å². The molecule has 0 N–H and O–H groups in total. The van der Waals surface area contributed by atoms with Crippen LogP contribution in [0.2, 0.25) is 0 Å². The number of carbonyl (C=O) groups is 3. The van der Waals surface area contributed by atoms with E-state index in [4.69, 9.17) is 0 Å². The predicted octanol–water partition coefficient (Wildman–Crippen LogP) is 0.318. The first kappa shape index (κ1) is 15.3. The molecule has 9 nitrogen and oxygen atoms in total. The molecule has 2 fully saturated rings. The van der Waals surface area contributed by atoms with E-state index in [0.29, 0.717) is 13.1 Å². The van der Waals surface area contributed by atoms with Crippen molar-refractivity contribution in [3.05, 3.63) is 42.2 Å². The minimum atomic E-state index is -0.611. The Balaban J connectivity index is 1.35. The van der Waals surface area contributed by atoms with Gasteiger partial charge in [0.15, 0.2) is 12.3 Å². The number of nitrogens with zero attached hydrogens (tertiary/aromatic N) is 5. The molecule has 2 aliphatic heterocycles. The van der Waals surface area contributed by atoms with Gasteiger partial charge in [0, 0.05) is 25.6 Å². The molecule has 2 saturated heterocycles. The Kier molecular flexibility index (Phi) is 3.68. The molecule has 2 aliphatic rings. The van der Waals surface area contributed by atoms with Crippen LogP contribution in [0.5, 0.6) is 0 Å². The zero-order valence-corrected chi connectivity index (χ0v) is 13.2. The molecule has 1 aromatic carbocycles. The average molecular weight is 341 g/mol. The number of likely N-dealkylation sites (tertiary alicyclic amines) is 1. The van der Waals surface area contributed by atoms with E-state index >= 15 is 0 Å². The maximum atomic E-state index is 12.4. The number of para-hydroxylation sites is 1. The molecule has 0 bridgehead atoms. The SMILES string of the molecule is O=C(c1cnn(-c2ccccc2)n1)N1CC(CN2C(=O)COC2=O)C1. The molecule has 0 spiro atoms. The highest BCUT2D eigenvalue weighted by atomic mass is 16.6. The van der Waals surface area contributed by atoms with Crippen LogP contribution in [0.15, 0.2) is 36.5 Å².